The lowest BCUT2D eigenvalue weighted by Crippen LogP contribution is -2.40. The summed E-state index contributed by atoms with van der Waals surface area (Å²) in [5.74, 6) is -2.29. The molecule has 8 nitrogen and oxygen atoms in total. The highest BCUT2D eigenvalue weighted by atomic mass is 35.5. The molecule has 2 heterocycles. The normalized spacial score (nSPS) is 22.5. The standard InChI is InChI=1S/C22H24ClF2N3O5/c1-22(2,3)33-21(32)26-10-4-5-27(8-10)18-14(25)6-11-17(16(18)23)28(15-7-13(15)24)9-12(19(11)29)20(30)31/h6,9-10,13,15H,4-5,7-8H2,1-3H3,(H,26,32)(H,30,31)/t10-,13+,15-/m0/s1. The summed E-state index contributed by atoms with van der Waals surface area (Å²) in [4.78, 5) is 37.9. The summed E-state index contributed by atoms with van der Waals surface area (Å²) in [5.41, 5.74) is -2.01. The molecule has 2 fully saturated rings. The van der Waals surface area contributed by atoms with Crippen LogP contribution >= 0.6 is 11.6 Å². The summed E-state index contributed by atoms with van der Waals surface area (Å²) < 4.78 is 35.7. The predicted molar refractivity (Wildman–Crippen MR) is 119 cm³/mol. The summed E-state index contributed by atoms with van der Waals surface area (Å²) in [7, 11) is 0. The number of ether oxygens (including phenoxy) is 1. The van der Waals surface area contributed by atoms with Crippen LogP contribution in [-0.2, 0) is 4.74 Å². The molecule has 1 aromatic carbocycles. The largest absolute Gasteiger partial charge is 0.477 e. The van der Waals surface area contributed by atoms with Crippen molar-refractivity contribution in [2.75, 3.05) is 18.0 Å². The summed E-state index contributed by atoms with van der Waals surface area (Å²) in [6, 6.07) is -0.0464. The maximum atomic E-state index is 15.2. The Labute approximate surface area is 193 Å². The van der Waals surface area contributed by atoms with Crippen molar-refractivity contribution < 1.29 is 28.2 Å². The van der Waals surface area contributed by atoms with Crippen molar-refractivity contribution in [3.8, 4) is 0 Å². The summed E-state index contributed by atoms with van der Waals surface area (Å²) in [5, 5.41) is 11.8. The second-order valence-electron chi connectivity index (χ2n) is 9.40. The fourth-order valence-corrected chi connectivity index (χ4v) is 4.54. The number of amides is 1. The molecule has 0 spiro atoms. The first-order valence-electron chi connectivity index (χ1n) is 10.6. The number of hydrogen-bond acceptors (Lipinski definition) is 5. The molecule has 2 aliphatic rings. The number of carboxylic acids is 1. The first kappa shape index (κ1) is 23.3. The first-order valence-corrected chi connectivity index (χ1v) is 10.9. The number of benzene rings is 1. The number of nitrogens with one attached hydrogen (secondary N) is 1. The van der Waals surface area contributed by atoms with E-state index in [9.17, 15) is 23.9 Å². The van der Waals surface area contributed by atoms with E-state index >= 15 is 4.39 Å². The molecule has 2 N–H and O–H groups in total. The molecular formula is C22H24ClF2N3O5. The molecule has 11 heteroatoms. The summed E-state index contributed by atoms with van der Waals surface area (Å²) in [6.45, 7) is 5.85. The highest BCUT2D eigenvalue weighted by Gasteiger charge is 2.41. The van der Waals surface area contributed by atoms with E-state index in [2.05, 4.69) is 5.32 Å². The average Bonchev–Trinajstić information content (AvgIpc) is 3.23. The van der Waals surface area contributed by atoms with Gasteiger partial charge in [0.1, 0.15) is 23.2 Å². The van der Waals surface area contributed by atoms with E-state index in [0.717, 1.165) is 12.3 Å². The van der Waals surface area contributed by atoms with Crippen LogP contribution in [-0.4, -0.2) is 52.6 Å². The van der Waals surface area contributed by atoms with Crippen LogP contribution in [0.3, 0.4) is 0 Å². The van der Waals surface area contributed by atoms with E-state index in [4.69, 9.17) is 16.3 Å². The highest BCUT2D eigenvalue weighted by molar-refractivity contribution is 6.38. The first-order chi connectivity index (χ1) is 15.4. The number of nitrogens with zero attached hydrogens (tertiary/aromatic N) is 2. The Morgan fingerprint density at radius 2 is 2.00 bits per heavy atom. The molecule has 1 aliphatic carbocycles. The maximum Gasteiger partial charge on any atom is 0.407 e. The molecule has 1 aliphatic heterocycles. The molecule has 4 rings (SSSR count). The molecule has 0 unspecified atom stereocenters. The minimum Gasteiger partial charge on any atom is -0.477 e. The third-order valence-electron chi connectivity index (χ3n) is 5.68. The minimum atomic E-state index is -1.48. The number of anilines is 1. The van der Waals surface area contributed by atoms with Crippen LogP contribution < -0.4 is 15.6 Å². The van der Waals surface area contributed by atoms with Crippen LogP contribution in [0, 0.1) is 5.82 Å². The number of carbonyl (C=O) groups excluding carboxylic acids is 1. The van der Waals surface area contributed by atoms with E-state index in [-0.39, 0.29) is 40.6 Å². The highest BCUT2D eigenvalue weighted by Crippen LogP contribution is 2.44. The van der Waals surface area contributed by atoms with Gasteiger partial charge in [0, 0.05) is 25.7 Å². The lowest BCUT2D eigenvalue weighted by atomic mass is 10.1. The van der Waals surface area contributed by atoms with E-state index in [1.807, 2.05) is 0 Å². The number of pyridine rings is 1. The van der Waals surface area contributed by atoms with Crippen molar-refractivity contribution >= 4 is 40.3 Å². The number of aromatic nitrogens is 1. The van der Waals surface area contributed by atoms with Gasteiger partial charge in [0.2, 0.25) is 5.43 Å². The number of fused-ring (bicyclic) bond motifs is 1. The molecule has 3 atom stereocenters. The molecule has 1 aromatic heterocycles. The molecule has 178 valence electrons. The third kappa shape index (κ3) is 4.48. The van der Waals surface area contributed by atoms with Gasteiger partial charge < -0.3 is 24.6 Å². The van der Waals surface area contributed by atoms with Crippen molar-refractivity contribution in [1.82, 2.24) is 9.88 Å². The number of alkyl carbamates (subject to hydrolysis) is 1. The van der Waals surface area contributed by atoms with Gasteiger partial charge in [-0.15, -0.1) is 0 Å². The number of halogens is 3. The fraction of sp³-hybridized carbons (Fsp3) is 0.500. The summed E-state index contributed by atoms with van der Waals surface area (Å²) in [6.07, 6.45) is -0.0753. The monoisotopic (exact) mass is 483 g/mol. The molecule has 0 radical (unpaired) electrons. The smallest absolute Gasteiger partial charge is 0.407 e. The molecule has 0 bridgehead atoms. The Hall–Kier alpha value is -2.88. The van der Waals surface area contributed by atoms with Crippen LogP contribution in [0.25, 0.3) is 10.9 Å². The van der Waals surface area contributed by atoms with Crippen LogP contribution in [0.2, 0.25) is 5.02 Å². The Morgan fingerprint density at radius 1 is 1.33 bits per heavy atom. The number of carbonyl (C=O) groups is 2. The van der Waals surface area contributed by atoms with Gasteiger partial charge in [0.05, 0.1) is 33.7 Å². The van der Waals surface area contributed by atoms with Crippen molar-refractivity contribution in [1.29, 1.82) is 0 Å². The van der Waals surface area contributed by atoms with E-state index < -0.39 is 46.7 Å². The molecule has 1 saturated carbocycles. The van der Waals surface area contributed by atoms with E-state index in [1.54, 1.807) is 25.7 Å². The second-order valence-corrected chi connectivity index (χ2v) is 9.78. The Balaban J connectivity index is 1.71. The Kier molecular flexibility index (Phi) is 5.76. The number of hydrogen-bond donors (Lipinski definition) is 2. The second kappa shape index (κ2) is 8.16. The fourth-order valence-electron chi connectivity index (χ4n) is 4.13. The van der Waals surface area contributed by atoms with Gasteiger partial charge in [-0.2, -0.15) is 0 Å². The van der Waals surface area contributed by atoms with Gasteiger partial charge >= 0.3 is 12.1 Å². The Bertz CT molecular complexity index is 1210. The van der Waals surface area contributed by atoms with Crippen LogP contribution in [0.15, 0.2) is 17.1 Å². The SMILES string of the molecule is CC(C)(C)OC(=O)N[C@H]1CCN(c2c(F)cc3c(=O)c(C(=O)O)cn([C@H]4C[C@H]4F)c3c2Cl)C1. The number of rotatable bonds is 4. The molecule has 1 amide bonds. The zero-order valence-electron chi connectivity index (χ0n) is 18.3. The zero-order chi connectivity index (χ0) is 24.2. The van der Waals surface area contributed by atoms with Gasteiger partial charge in [-0.25, -0.2) is 18.4 Å². The van der Waals surface area contributed by atoms with Gasteiger partial charge in [-0.05, 0) is 33.3 Å². The number of aromatic carboxylic acids is 1. The third-order valence-corrected chi connectivity index (χ3v) is 6.04. The average molecular weight is 484 g/mol. The lowest BCUT2D eigenvalue weighted by Gasteiger charge is -2.24. The van der Waals surface area contributed by atoms with E-state index in [0.29, 0.717) is 13.0 Å². The number of carboxylic acid groups (broad SMARTS) is 1. The minimum absolute atomic E-state index is 0.0185. The van der Waals surface area contributed by atoms with Gasteiger partial charge in [-0.3, -0.25) is 4.79 Å². The quantitative estimate of drug-likeness (QED) is 0.684. The van der Waals surface area contributed by atoms with Crippen LogP contribution in [0.1, 0.15) is 50.0 Å². The van der Waals surface area contributed by atoms with Gasteiger partial charge in [-0.1, -0.05) is 11.6 Å². The van der Waals surface area contributed by atoms with Gasteiger partial charge in [0.25, 0.3) is 0 Å². The molecule has 1 saturated heterocycles. The lowest BCUT2D eigenvalue weighted by molar-refractivity contribution is 0.0508. The van der Waals surface area contributed by atoms with Crippen LogP contribution in [0.4, 0.5) is 19.3 Å². The van der Waals surface area contributed by atoms with Crippen molar-refractivity contribution in [2.24, 2.45) is 0 Å². The molecule has 2 aromatic rings. The molecular weight excluding hydrogens is 460 g/mol. The van der Waals surface area contributed by atoms with Crippen molar-refractivity contribution in [3.05, 3.63) is 38.9 Å². The maximum absolute atomic E-state index is 15.2. The van der Waals surface area contributed by atoms with Crippen LogP contribution in [0.5, 0.6) is 0 Å². The van der Waals surface area contributed by atoms with Crippen molar-refractivity contribution in [3.63, 3.8) is 0 Å². The van der Waals surface area contributed by atoms with Gasteiger partial charge in [0.15, 0.2) is 0 Å². The topological polar surface area (TPSA) is 101 Å². The van der Waals surface area contributed by atoms with Crippen molar-refractivity contribution in [2.45, 2.75) is 57.5 Å². The molecule has 33 heavy (non-hydrogen) atoms. The van der Waals surface area contributed by atoms with E-state index in [1.165, 1.54) is 4.57 Å². The summed E-state index contributed by atoms with van der Waals surface area (Å²) >= 11 is 6.57. The predicted octanol–water partition coefficient (Wildman–Crippen LogP) is 3.88. The zero-order valence-corrected chi connectivity index (χ0v) is 19.1. The number of alkyl halides is 1. The Morgan fingerprint density at radius 3 is 2.58 bits per heavy atom.